The Balaban J connectivity index is 4.19. The molecule has 15 heavy (non-hydrogen) atoms. The van der Waals surface area contributed by atoms with Crippen molar-refractivity contribution in [3.8, 4) is 0 Å². The molecule has 3 heteroatoms. The number of ether oxygens (including phenoxy) is 1. The third-order valence-electron chi connectivity index (χ3n) is 2.50. The molecule has 0 aliphatic rings. The second-order valence-corrected chi connectivity index (χ2v) is 4.42. The van der Waals surface area contributed by atoms with Crippen LogP contribution in [0.2, 0.25) is 0 Å². The van der Waals surface area contributed by atoms with Gasteiger partial charge in [-0.2, -0.15) is 0 Å². The van der Waals surface area contributed by atoms with Crippen molar-refractivity contribution in [2.45, 2.75) is 65.5 Å². The minimum absolute atomic E-state index is 0.156. The number of hydrogen-bond acceptors (Lipinski definition) is 3. The van der Waals surface area contributed by atoms with Crippen molar-refractivity contribution in [3.05, 3.63) is 0 Å². The Bertz CT molecular complexity index is 186. The van der Waals surface area contributed by atoms with Crippen LogP contribution in [0.25, 0.3) is 0 Å². The Morgan fingerprint density at radius 1 is 1.27 bits per heavy atom. The monoisotopic (exact) mass is 215 g/mol. The van der Waals surface area contributed by atoms with Crippen LogP contribution in [-0.4, -0.2) is 24.2 Å². The first-order chi connectivity index (χ1) is 6.97. The van der Waals surface area contributed by atoms with Gasteiger partial charge in [0.15, 0.2) is 0 Å². The Hall–Kier alpha value is -0.570. The van der Waals surface area contributed by atoms with Crippen LogP contribution in [0.4, 0.5) is 0 Å². The maximum absolute atomic E-state index is 11.7. The summed E-state index contributed by atoms with van der Waals surface area (Å²) >= 11 is 0. The van der Waals surface area contributed by atoms with E-state index in [0.29, 0.717) is 12.6 Å². The van der Waals surface area contributed by atoms with Crippen LogP contribution in [0.1, 0.15) is 53.9 Å². The van der Waals surface area contributed by atoms with Crippen molar-refractivity contribution in [3.63, 3.8) is 0 Å². The van der Waals surface area contributed by atoms with Crippen LogP contribution in [0.3, 0.4) is 0 Å². The van der Waals surface area contributed by atoms with Gasteiger partial charge in [0.2, 0.25) is 0 Å². The number of esters is 1. The van der Waals surface area contributed by atoms with Gasteiger partial charge in [-0.1, -0.05) is 20.8 Å². The summed E-state index contributed by atoms with van der Waals surface area (Å²) in [6.45, 7) is 10.5. The zero-order valence-corrected chi connectivity index (χ0v) is 10.7. The predicted molar refractivity (Wildman–Crippen MR) is 62.8 cm³/mol. The zero-order chi connectivity index (χ0) is 11.9. The second-order valence-electron chi connectivity index (χ2n) is 4.42. The summed E-state index contributed by atoms with van der Waals surface area (Å²) in [5.41, 5.74) is -0.578. The van der Waals surface area contributed by atoms with Gasteiger partial charge >= 0.3 is 5.97 Å². The molecular weight excluding hydrogens is 190 g/mol. The molecule has 3 nitrogen and oxygen atoms in total. The average Bonchev–Trinajstić information content (AvgIpc) is 2.22. The molecular formula is C12H25NO2. The quantitative estimate of drug-likeness (QED) is 0.663. The Morgan fingerprint density at radius 3 is 2.20 bits per heavy atom. The smallest absolute Gasteiger partial charge is 0.325 e. The molecule has 0 unspecified atom stereocenters. The Labute approximate surface area is 93.6 Å². The van der Waals surface area contributed by atoms with Crippen LogP contribution in [-0.2, 0) is 9.53 Å². The zero-order valence-electron chi connectivity index (χ0n) is 10.7. The first-order valence-corrected chi connectivity index (χ1v) is 5.92. The van der Waals surface area contributed by atoms with Gasteiger partial charge in [-0.3, -0.25) is 10.1 Å². The molecule has 0 rings (SSSR count). The minimum Gasteiger partial charge on any atom is -0.464 e. The number of carbonyl (C=O) groups is 1. The van der Waals surface area contributed by atoms with Crippen molar-refractivity contribution in [1.29, 1.82) is 0 Å². The third kappa shape index (κ3) is 5.17. The van der Waals surface area contributed by atoms with E-state index < -0.39 is 5.54 Å². The lowest BCUT2D eigenvalue weighted by Crippen LogP contribution is -2.52. The fraction of sp³-hybridized carbons (Fsp3) is 0.917. The van der Waals surface area contributed by atoms with Crippen molar-refractivity contribution >= 4 is 5.97 Å². The molecule has 0 aromatic rings. The third-order valence-corrected chi connectivity index (χ3v) is 2.50. The summed E-state index contributed by atoms with van der Waals surface area (Å²) in [4.78, 5) is 11.7. The van der Waals surface area contributed by atoms with Crippen LogP contribution < -0.4 is 5.32 Å². The molecule has 90 valence electrons. The average molecular weight is 215 g/mol. The predicted octanol–water partition coefficient (Wildman–Crippen LogP) is 2.50. The fourth-order valence-electron chi connectivity index (χ4n) is 1.44. The van der Waals surface area contributed by atoms with Gasteiger partial charge in [-0.15, -0.1) is 0 Å². The molecule has 0 spiro atoms. The van der Waals surface area contributed by atoms with Crippen molar-refractivity contribution in [1.82, 2.24) is 5.32 Å². The molecule has 0 amide bonds. The first-order valence-electron chi connectivity index (χ1n) is 5.92. The molecule has 0 bridgehead atoms. The van der Waals surface area contributed by atoms with Crippen LogP contribution in [0.5, 0.6) is 0 Å². The number of rotatable bonds is 7. The maximum Gasteiger partial charge on any atom is 0.325 e. The van der Waals surface area contributed by atoms with Crippen LogP contribution >= 0.6 is 0 Å². The van der Waals surface area contributed by atoms with Crippen LogP contribution in [0.15, 0.2) is 0 Å². The van der Waals surface area contributed by atoms with Crippen molar-refractivity contribution in [2.75, 3.05) is 6.61 Å². The lowest BCUT2D eigenvalue weighted by molar-refractivity contribution is -0.150. The molecule has 0 saturated heterocycles. The highest BCUT2D eigenvalue weighted by Gasteiger charge is 2.30. The van der Waals surface area contributed by atoms with Gasteiger partial charge in [0.1, 0.15) is 5.54 Å². The van der Waals surface area contributed by atoms with E-state index in [1.807, 2.05) is 20.8 Å². The molecule has 0 heterocycles. The summed E-state index contributed by atoms with van der Waals surface area (Å²) in [6, 6.07) is 0.383. The van der Waals surface area contributed by atoms with Gasteiger partial charge in [0, 0.05) is 6.04 Å². The molecule has 0 radical (unpaired) electrons. The summed E-state index contributed by atoms with van der Waals surface area (Å²) in [6.07, 6.45) is 2.93. The van der Waals surface area contributed by atoms with Crippen LogP contribution in [0, 0.1) is 0 Å². The van der Waals surface area contributed by atoms with Gasteiger partial charge in [0.05, 0.1) is 6.61 Å². The minimum atomic E-state index is -0.578. The van der Waals surface area contributed by atoms with Crippen molar-refractivity contribution in [2.24, 2.45) is 0 Å². The Morgan fingerprint density at radius 2 is 1.80 bits per heavy atom. The SMILES string of the molecule is CCCOC(=O)C(C)(C)NC(CC)CC. The molecule has 0 aromatic heterocycles. The van der Waals surface area contributed by atoms with E-state index in [0.717, 1.165) is 19.3 Å². The molecule has 0 aromatic carbocycles. The maximum atomic E-state index is 11.7. The molecule has 0 aliphatic heterocycles. The van der Waals surface area contributed by atoms with E-state index in [4.69, 9.17) is 4.74 Å². The van der Waals surface area contributed by atoms with E-state index in [1.165, 1.54) is 0 Å². The van der Waals surface area contributed by atoms with E-state index in [2.05, 4.69) is 19.2 Å². The van der Waals surface area contributed by atoms with Gasteiger partial charge < -0.3 is 4.74 Å². The Kier molecular flexibility index (Phi) is 6.57. The molecule has 0 atom stereocenters. The summed E-state index contributed by atoms with van der Waals surface area (Å²) < 4.78 is 5.14. The van der Waals surface area contributed by atoms with Gasteiger partial charge in [-0.25, -0.2) is 0 Å². The largest absolute Gasteiger partial charge is 0.464 e. The topological polar surface area (TPSA) is 38.3 Å². The van der Waals surface area contributed by atoms with Gasteiger partial charge in [0.25, 0.3) is 0 Å². The first kappa shape index (κ1) is 14.4. The van der Waals surface area contributed by atoms with E-state index in [1.54, 1.807) is 0 Å². The highest BCUT2D eigenvalue weighted by Crippen LogP contribution is 2.10. The fourth-order valence-corrected chi connectivity index (χ4v) is 1.44. The van der Waals surface area contributed by atoms with E-state index in [9.17, 15) is 4.79 Å². The normalized spacial score (nSPS) is 11.9. The molecule has 0 saturated carbocycles. The van der Waals surface area contributed by atoms with Gasteiger partial charge in [-0.05, 0) is 33.1 Å². The number of nitrogens with one attached hydrogen (secondary N) is 1. The number of carbonyl (C=O) groups excluding carboxylic acids is 1. The summed E-state index contributed by atoms with van der Waals surface area (Å²) in [5.74, 6) is -0.156. The molecule has 1 N–H and O–H groups in total. The van der Waals surface area contributed by atoms with E-state index in [-0.39, 0.29) is 5.97 Å². The molecule has 0 fully saturated rings. The highest BCUT2D eigenvalue weighted by atomic mass is 16.5. The summed E-state index contributed by atoms with van der Waals surface area (Å²) in [7, 11) is 0. The summed E-state index contributed by atoms with van der Waals surface area (Å²) in [5, 5.41) is 3.33. The number of hydrogen-bond donors (Lipinski definition) is 1. The standard InChI is InChI=1S/C12H25NO2/c1-6-9-15-11(14)12(4,5)13-10(7-2)8-3/h10,13H,6-9H2,1-5H3. The second kappa shape index (κ2) is 6.83. The van der Waals surface area contributed by atoms with Crippen molar-refractivity contribution < 1.29 is 9.53 Å². The lowest BCUT2D eigenvalue weighted by Gasteiger charge is -2.29. The lowest BCUT2D eigenvalue weighted by atomic mass is 10.0. The molecule has 0 aliphatic carbocycles. The van der Waals surface area contributed by atoms with E-state index >= 15 is 0 Å². The highest BCUT2D eigenvalue weighted by molar-refractivity contribution is 5.79.